The minimum absolute atomic E-state index is 0.0962. The van der Waals surface area contributed by atoms with Gasteiger partial charge in [-0.1, -0.05) is 48.5 Å². The molecule has 0 atom stereocenters. The number of benzene rings is 4. The van der Waals surface area contributed by atoms with Crippen molar-refractivity contribution >= 4 is 38.5 Å². The molecule has 1 heterocycles. The lowest BCUT2D eigenvalue weighted by Crippen LogP contribution is -2.28. The average molecular weight is 593 g/mol. The van der Waals surface area contributed by atoms with Gasteiger partial charge in [-0.3, -0.25) is 15.1 Å². The number of ether oxygens (including phenoxy) is 1. The summed E-state index contributed by atoms with van der Waals surface area (Å²) < 4.78 is 29.6. The fraction of sp³-hybridized carbons (Fsp3) is 0.118. The molecule has 0 bridgehead atoms. The smallest absolute Gasteiger partial charge is 0.336 e. The van der Waals surface area contributed by atoms with E-state index in [1.807, 2.05) is 72.8 Å². The first-order chi connectivity index (χ1) is 20.4. The van der Waals surface area contributed by atoms with Crippen LogP contribution in [0.15, 0.2) is 109 Å². The van der Waals surface area contributed by atoms with Gasteiger partial charge in [0.25, 0.3) is 5.69 Å². The maximum absolute atomic E-state index is 12.7. The lowest BCUT2D eigenvalue weighted by atomic mass is 9.91. The quantitative estimate of drug-likeness (QED) is 0.0607. The number of hydrogen-bond donors (Lipinski definition) is 0. The fourth-order valence-electron chi connectivity index (χ4n) is 4.68. The zero-order valence-corrected chi connectivity index (χ0v) is 24.5. The summed E-state index contributed by atoms with van der Waals surface area (Å²) in [4.78, 5) is 27.5. The number of carbonyl (C=O) groups is 1. The fourth-order valence-corrected chi connectivity index (χ4v) is 5.22. The standard InChI is InChI=1S/C34H28N2O6S/c1-34(2,43(3,40)41)27-21-26-11-7-19-35-33(26)31(22-27)25-10-6-9-24(20-25)30-12-5-4-8-23(30)13-18-32(37)42-29-16-14-28(15-17-29)36(38)39/h4-22H,1-3H3. The van der Waals surface area contributed by atoms with E-state index in [-0.39, 0.29) is 11.4 Å². The first-order valence-corrected chi connectivity index (χ1v) is 15.3. The molecule has 0 spiro atoms. The molecule has 0 N–H and O–H groups in total. The topological polar surface area (TPSA) is 116 Å². The van der Waals surface area contributed by atoms with Crippen LogP contribution in [0.3, 0.4) is 0 Å². The van der Waals surface area contributed by atoms with Crippen LogP contribution in [0, 0.1) is 10.1 Å². The van der Waals surface area contributed by atoms with Crippen LogP contribution < -0.4 is 4.74 Å². The Labute approximate surface area is 249 Å². The molecule has 5 rings (SSSR count). The van der Waals surface area contributed by atoms with Crippen molar-refractivity contribution in [3.05, 3.63) is 131 Å². The molecule has 0 saturated carbocycles. The number of carbonyl (C=O) groups excluding carboxylic acids is 1. The van der Waals surface area contributed by atoms with Crippen molar-refractivity contribution in [2.45, 2.75) is 18.6 Å². The van der Waals surface area contributed by atoms with Crippen molar-refractivity contribution in [3.8, 4) is 28.0 Å². The van der Waals surface area contributed by atoms with Gasteiger partial charge in [-0.25, -0.2) is 13.2 Å². The number of sulfone groups is 1. The molecule has 0 fully saturated rings. The first kappa shape index (κ1) is 29.3. The van der Waals surface area contributed by atoms with Gasteiger partial charge in [0, 0.05) is 41.6 Å². The van der Waals surface area contributed by atoms with Crippen molar-refractivity contribution in [1.29, 1.82) is 0 Å². The van der Waals surface area contributed by atoms with E-state index in [0.29, 0.717) is 5.56 Å². The summed E-state index contributed by atoms with van der Waals surface area (Å²) in [6.45, 7) is 3.41. The second kappa shape index (κ2) is 11.6. The zero-order chi connectivity index (χ0) is 30.8. The van der Waals surface area contributed by atoms with Gasteiger partial charge >= 0.3 is 5.97 Å². The molecule has 0 radical (unpaired) electrons. The third-order valence-electron chi connectivity index (χ3n) is 7.44. The average Bonchev–Trinajstić information content (AvgIpc) is 2.99. The highest BCUT2D eigenvalue weighted by molar-refractivity contribution is 7.91. The number of nitrogens with zero attached hydrogens (tertiary/aromatic N) is 2. The van der Waals surface area contributed by atoms with Crippen LogP contribution in [0.25, 0.3) is 39.2 Å². The highest BCUT2D eigenvalue weighted by Gasteiger charge is 2.33. The Balaban J connectivity index is 1.50. The van der Waals surface area contributed by atoms with Crippen LogP contribution >= 0.6 is 0 Å². The molecule has 0 saturated heterocycles. The number of fused-ring (bicyclic) bond motifs is 1. The summed E-state index contributed by atoms with van der Waals surface area (Å²) in [5.41, 5.74) is 5.54. The van der Waals surface area contributed by atoms with Crippen molar-refractivity contribution in [2.24, 2.45) is 0 Å². The molecule has 0 unspecified atom stereocenters. The Morgan fingerprint density at radius 2 is 1.58 bits per heavy atom. The number of nitro benzene ring substituents is 1. The van der Waals surface area contributed by atoms with Gasteiger partial charge in [0.1, 0.15) is 5.75 Å². The predicted molar refractivity (Wildman–Crippen MR) is 168 cm³/mol. The maximum atomic E-state index is 12.7. The third-order valence-corrected chi connectivity index (χ3v) is 9.53. The van der Waals surface area contributed by atoms with Crippen molar-refractivity contribution in [2.75, 3.05) is 6.26 Å². The van der Waals surface area contributed by atoms with E-state index >= 15 is 0 Å². The predicted octanol–water partition coefficient (Wildman–Crippen LogP) is 7.38. The van der Waals surface area contributed by atoms with E-state index < -0.39 is 25.5 Å². The first-order valence-electron chi connectivity index (χ1n) is 13.4. The van der Waals surface area contributed by atoms with E-state index in [1.54, 1.807) is 26.1 Å². The van der Waals surface area contributed by atoms with Crippen LogP contribution in [-0.2, 0) is 19.4 Å². The maximum Gasteiger partial charge on any atom is 0.336 e. The number of nitro groups is 1. The minimum Gasteiger partial charge on any atom is -0.423 e. The van der Waals surface area contributed by atoms with Crippen LogP contribution in [0.2, 0.25) is 0 Å². The molecule has 0 aliphatic carbocycles. The summed E-state index contributed by atoms with van der Waals surface area (Å²) in [5, 5.41) is 11.7. The number of pyridine rings is 1. The molecule has 8 nitrogen and oxygen atoms in total. The molecular weight excluding hydrogens is 564 g/mol. The largest absolute Gasteiger partial charge is 0.423 e. The van der Waals surface area contributed by atoms with Crippen LogP contribution in [-0.4, -0.2) is 30.6 Å². The van der Waals surface area contributed by atoms with Gasteiger partial charge in [0.05, 0.1) is 15.2 Å². The van der Waals surface area contributed by atoms with Crippen LogP contribution in [0.4, 0.5) is 5.69 Å². The van der Waals surface area contributed by atoms with E-state index in [0.717, 1.165) is 38.7 Å². The van der Waals surface area contributed by atoms with E-state index in [1.165, 1.54) is 36.6 Å². The Bertz CT molecular complexity index is 2000. The molecule has 5 aromatic rings. The monoisotopic (exact) mass is 592 g/mol. The van der Waals surface area contributed by atoms with Gasteiger partial charge in [-0.2, -0.15) is 0 Å². The van der Waals surface area contributed by atoms with Gasteiger partial charge in [0.2, 0.25) is 0 Å². The van der Waals surface area contributed by atoms with Crippen molar-refractivity contribution in [3.63, 3.8) is 0 Å². The van der Waals surface area contributed by atoms with Crippen molar-refractivity contribution in [1.82, 2.24) is 4.98 Å². The number of esters is 1. The molecule has 0 aliphatic rings. The van der Waals surface area contributed by atoms with Gasteiger partial charge in [0.15, 0.2) is 9.84 Å². The van der Waals surface area contributed by atoms with E-state index in [4.69, 9.17) is 4.74 Å². The summed E-state index contributed by atoms with van der Waals surface area (Å²) >= 11 is 0. The molecular formula is C34H28N2O6S. The lowest BCUT2D eigenvalue weighted by molar-refractivity contribution is -0.384. The lowest BCUT2D eigenvalue weighted by Gasteiger charge is -2.24. The zero-order valence-electron chi connectivity index (χ0n) is 23.7. The van der Waals surface area contributed by atoms with Crippen LogP contribution in [0.1, 0.15) is 25.0 Å². The summed E-state index contributed by atoms with van der Waals surface area (Å²) in [6.07, 6.45) is 5.92. The number of rotatable bonds is 8. The third kappa shape index (κ3) is 6.22. The van der Waals surface area contributed by atoms with Crippen LogP contribution in [0.5, 0.6) is 5.75 Å². The number of aromatic nitrogens is 1. The van der Waals surface area contributed by atoms with Gasteiger partial charge < -0.3 is 4.74 Å². The van der Waals surface area contributed by atoms with Crippen molar-refractivity contribution < 1.29 is 22.9 Å². The van der Waals surface area contributed by atoms with Gasteiger partial charge in [-0.05, 0) is 84.1 Å². The molecule has 43 heavy (non-hydrogen) atoms. The number of non-ortho nitro benzene ring substituents is 1. The number of hydrogen-bond acceptors (Lipinski definition) is 7. The Morgan fingerprint density at radius 3 is 2.28 bits per heavy atom. The molecule has 4 aromatic carbocycles. The SMILES string of the molecule is CC(C)(c1cc(-c2cccc(-c3ccccc3C=CC(=O)Oc3ccc([N+](=O)[O-])cc3)c2)c2ncccc2c1)S(C)(=O)=O. The second-order valence-electron chi connectivity index (χ2n) is 10.6. The summed E-state index contributed by atoms with van der Waals surface area (Å²) in [7, 11) is -3.41. The molecule has 0 amide bonds. The Hall–Kier alpha value is -5.15. The highest BCUT2D eigenvalue weighted by Crippen LogP contribution is 2.37. The van der Waals surface area contributed by atoms with E-state index in [2.05, 4.69) is 4.98 Å². The molecule has 1 aromatic heterocycles. The summed E-state index contributed by atoms with van der Waals surface area (Å²) in [5.74, 6) is -0.427. The van der Waals surface area contributed by atoms with E-state index in [9.17, 15) is 23.3 Å². The molecule has 216 valence electrons. The molecule has 9 heteroatoms. The Morgan fingerprint density at radius 1 is 0.884 bits per heavy atom. The Kier molecular flexibility index (Phi) is 7.93. The second-order valence-corrected chi connectivity index (χ2v) is 13.1. The molecule has 0 aliphatic heterocycles. The van der Waals surface area contributed by atoms with Gasteiger partial charge in [-0.15, -0.1) is 0 Å². The summed E-state index contributed by atoms with van der Waals surface area (Å²) in [6, 6.07) is 28.3. The highest BCUT2D eigenvalue weighted by atomic mass is 32.2. The minimum atomic E-state index is -3.41. The normalized spacial score (nSPS) is 12.0.